The summed E-state index contributed by atoms with van der Waals surface area (Å²) in [5.41, 5.74) is -0.528. The van der Waals surface area contributed by atoms with Gasteiger partial charge in [0.15, 0.2) is 0 Å². The van der Waals surface area contributed by atoms with Crippen LogP contribution in [0.5, 0.6) is 5.75 Å². The monoisotopic (exact) mass is 468 g/mol. The van der Waals surface area contributed by atoms with Crippen LogP contribution in [0.3, 0.4) is 0 Å². The highest BCUT2D eigenvalue weighted by molar-refractivity contribution is 5.94. The lowest BCUT2D eigenvalue weighted by atomic mass is 9.96. The number of amides is 2. The van der Waals surface area contributed by atoms with Crippen LogP contribution in [0, 0.1) is 11.7 Å². The molecule has 0 saturated carbocycles. The average molecular weight is 468 g/mol. The summed E-state index contributed by atoms with van der Waals surface area (Å²) in [4.78, 5) is 26.6. The SMILES string of the molecule is O=C(NCC(O)COc1cccc(C(F)(F)F)c1)C1CCCN(C(=O)c2ccc(F)cc2)C1. The van der Waals surface area contributed by atoms with E-state index >= 15 is 0 Å². The van der Waals surface area contributed by atoms with Crippen LogP contribution in [-0.4, -0.2) is 54.2 Å². The summed E-state index contributed by atoms with van der Waals surface area (Å²) in [6, 6.07) is 9.47. The zero-order valence-electron chi connectivity index (χ0n) is 17.6. The summed E-state index contributed by atoms with van der Waals surface area (Å²) in [5.74, 6) is -1.60. The Kier molecular flexibility index (Phi) is 7.91. The molecule has 1 heterocycles. The molecule has 0 spiro atoms. The standard InChI is InChI=1S/C23H24F4N2O4/c24-18-8-6-15(7-9-18)22(32)29-10-2-3-16(13-29)21(31)28-12-19(30)14-33-20-5-1-4-17(11-20)23(25,26)27/h1,4-9,11,16,19,30H,2-3,10,12-14H2,(H,28,31). The van der Waals surface area contributed by atoms with Crippen molar-refractivity contribution in [2.24, 2.45) is 5.92 Å². The fourth-order valence-corrected chi connectivity index (χ4v) is 3.53. The molecule has 1 saturated heterocycles. The highest BCUT2D eigenvalue weighted by Gasteiger charge is 2.31. The number of rotatable bonds is 7. The topological polar surface area (TPSA) is 78.9 Å². The summed E-state index contributed by atoms with van der Waals surface area (Å²) in [6.07, 6.45) is -4.45. The van der Waals surface area contributed by atoms with Crippen LogP contribution in [0.4, 0.5) is 17.6 Å². The molecule has 178 valence electrons. The number of aliphatic hydroxyl groups excluding tert-OH is 1. The smallest absolute Gasteiger partial charge is 0.416 e. The van der Waals surface area contributed by atoms with Crippen molar-refractivity contribution in [3.63, 3.8) is 0 Å². The van der Waals surface area contributed by atoms with E-state index in [4.69, 9.17) is 4.74 Å². The van der Waals surface area contributed by atoms with Gasteiger partial charge in [0.2, 0.25) is 5.91 Å². The van der Waals surface area contributed by atoms with Gasteiger partial charge in [0.1, 0.15) is 24.3 Å². The number of nitrogens with one attached hydrogen (secondary N) is 1. The second-order valence-electron chi connectivity index (χ2n) is 7.83. The highest BCUT2D eigenvalue weighted by atomic mass is 19.4. The molecule has 2 aromatic carbocycles. The van der Waals surface area contributed by atoms with Crippen molar-refractivity contribution in [3.05, 3.63) is 65.5 Å². The van der Waals surface area contributed by atoms with E-state index in [1.54, 1.807) is 0 Å². The number of benzene rings is 2. The number of nitrogens with zero attached hydrogens (tertiary/aromatic N) is 1. The summed E-state index contributed by atoms with van der Waals surface area (Å²) >= 11 is 0. The van der Waals surface area contributed by atoms with E-state index in [2.05, 4.69) is 5.32 Å². The predicted octanol–water partition coefficient (Wildman–Crippen LogP) is 3.25. The van der Waals surface area contributed by atoms with Crippen molar-refractivity contribution >= 4 is 11.8 Å². The van der Waals surface area contributed by atoms with Crippen LogP contribution in [0.1, 0.15) is 28.8 Å². The molecular formula is C23H24F4N2O4. The molecule has 1 fully saturated rings. The molecule has 1 aliphatic rings. The van der Waals surface area contributed by atoms with Gasteiger partial charge in [-0.05, 0) is 55.3 Å². The predicted molar refractivity (Wildman–Crippen MR) is 111 cm³/mol. The van der Waals surface area contributed by atoms with Crippen LogP contribution in [0.25, 0.3) is 0 Å². The zero-order chi connectivity index (χ0) is 24.0. The Bertz CT molecular complexity index is 966. The number of halogens is 4. The van der Waals surface area contributed by atoms with E-state index in [-0.39, 0.29) is 37.3 Å². The third-order valence-electron chi connectivity index (χ3n) is 5.29. The van der Waals surface area contributed by atoms with Gasteiger partial charge in [-0.15, -0.1) is 0 Å². The van der Waals surface area contributed by atoms with Gasteiger partial charge in [-0.2, -0.15) is 13.2 Å². The van der Waals surface area contributed by atoms with Gasteiger partial charge in [0.05, 0.1) is 11.5 Å². The van der Waals surface area contributed by atoms with E-state index in [1.165, 1.54) is 41.3 Å². The van der Waals surface area contributed by atoms with E-state index in [0.717, 1.165) is 12.1 Å². The molecular weight excluding hydrogens is 444 g/mol. The fraction of sp³-hybridized carbons (Fsp3) is 0.391. The first-order valence-corrected chi connectivity index (χ1v) is 10.4. The maximum atomic E-state index is 13.1. The van der Waals surface area contributed by atoms with E-state index in [0.29, 0.717) is 24.9 Å². The molecule has 33 heavy (non-hydrogen) atoms. The summed E-state index contributed by atoms with van der Waals surface area (Å²) < 4.78 is 56.5. The van der Waals surface area contributed by atoms with Crippen LogP contribution in [-0.2, 0) is 11.0 Å². The molecule has 0 radical (unpaired) electrons. The van der Waals surface area contributed by atoms with Gasteiger partial charge in [0.25, 0.3) is 5.91 Å². The third kappa shape index (κ3) is 6.92. The van der Waals surface area contributed by atoms with Crippen LogP contribution < -0.4 is 10.1 Å². The number of hydrogen-bond donors (Lipinski definition) is 2. The van der Waals surface area contributed by atoms with Crippen LogP contribution in [0.15, 0.2) is 48.5 Å². The van der Waals surface area contributed by atoms with Gasteiger partial charge in [-0.25, -0.2) is 4.39 Å². The molecule has 0 aliphatic carbocycles. The van der Waals surface area contributed by atoms with Crippen molar-refractivity contribution in [1.29, 1.82) is 0 Å². The number of carbonyl (C=O) groups is 2. The van der Waals surface area contributed by atoms with E-state index < -0.39 is 29.6 Å². The van der Waals surface area contributed by atoms with Crippen molar-refractivity contribution < 1.29 is 37.0 Å². The quantitative estimate of drug-likeness (QED) is 0.612. The number of ether oxygens (including phenoxy) is 1. The van der Waals surface area contributed by atoms with E-state index in [1.807, 2.05) is 0 Å². The number of aliphatic hydroxyl groups is 1. The van der Waals surface area contributed by atoms with Crippen LogP contribution in [0.2, 0.25) is 0 Å². The van der Waals surface area contributed by atoms with Crippen LogP contribution >= 0.6 is 0 Å². The average Bonchev–Trinajstić information content (AvgIpc) is 2.81. The largest absolute Gasteiger partial charge is 0.491 e. The summed E-state index contributed by atoms with van der Waals surface area (Å²) in [5, 5.41) is 12.6. The summed E-state index contributed by atoms with van der Waals surface area (Å²) in [7, 11) is 0. The Morgan fingerprint density at radius 1 is 1.18 bits per heavy atom. The van der Waals surface area contributed by atoms with Gasteiger partial charge < -0.3 is 20.1 Å². The molecule has 10 heteroatoms. The molecule has 3 rings (SSSR count). The molecule has 2 aromatic rings. The minimum Gasteiger partial charge on any atom is -0.491 e. The molecule has 2 N–H and O–H groups in total. The first-order valence-electron chi connectivity index (χ1n) is 10.4. The normalized spacial score (nSPS) is 17.4. The highest BCUT2D eigenvalue weighted by Crippen LogP contribution is 2.31. The van der Waals surface area contributed by atoms with E-state index in [9.17, 15) is 32.3 Å². The molecule has 2 atom stereocenters. The lowest BCUT2D eigenvalue weighted by molar-refractivity contribution is -0.137. The van der Waals surface area contributed by atoms with Gasteiger partial charge in [-0.1, -0.05) is 6.07 Å². The Hall–Kier alpha value is -3.14. The Morgan fingerprint density at radius 3 is 2.61 bits per heavy atom. The Balaban J connectivity index is 1.46. The number of likely N-dealkylation sites (tertiary alicyclic amines) is 1. The summed E-state index contributed by atoms with van der Waals surface area (Å²) in [6.45, 7) is 0.216. The lowest BCUT2D eigenvalue weighted by Gasteiger charge is -2.32. The molecule has 2 amide bonds. The maximum absolute atomic E-state index is 13.1. The second kappa shape index (κ2) is 10.7. The second-order valence-corrected chi connectivity index (χ2v) is 7.83. The number of carbonyl (C=O) groups excluding carboxylic acids is 2. The maximum Gasteiger partial charge on any atom is 0.416 e. The molecule has 6 nitrogen and oxygen atoms in total. The van der Waals surface area contributed by atoms with Gasteiger partial charge in [-0.3, -0.25) is 9.59 Å². The van der Waals surface area contributed by atoms with Gasteiger partial charge >= 0.3 is 6.18 Å². The minimum absolute atomic E-state index is 0.0440. The van der Waals surface area contributed by atoms with Crippen molar-refractivity contribution in [3.8, 4) is 5.75 Å². The first-order chi connectivity index (χ1) is 15.6. The van der Waals surface area contributed by atoms with Crippen molar-refractivity contribution in [1.82, 2.24) is 10.2 Å². The fourth-order valence-electron chi connectivity index (χ4n) is 3.53. The lowest BCUT2D eigenvalue weighted by Crippen LogP contribution is -2.47. The minimum atomic E-state index is -4.50. The Morgan fingerprint density at radius 2 is 1.91 bits per heavy atom. The molecule has 0 bridgehead atoms. The van der Waals surface area contributed by atoms with Crippen molar-refractivity contribution in [2.75, 3.05) is 26.2 Å². The molecule has 2 unspecified atom stereocenters. The van der Waals surface area contributed by atoms with Crippen molar-refractivity contribution in [2.45, 2.75) is 25.1 Å². The number of hydrogen-bond acceptors (Lipinski definition) is 4. The first kappa shape index (κ1) is 24.5. The number of piperidine rings is 1. The zero-order valence-corrected chi connectivity index (χ0v) is 17.6. The third-order valence-corrected chi connectivity index (χ3v) is 5.29. The Labute approximate surface area is 188 Å². The number of alkyl halides is 3. The van der Waals surface area contributed by atoms with Gasteiger partial charge in [0, 0.05) is 25.2 Å². The molecule has 1 aliphatic heterocycles. The molecule has 0 aromatic heterocycles.